The van der Waals surface area contributed by atoms with E-state index in [1.165, 1.54) is 0 Å². The molecule has 5 nitrogen and oxygen atoms in total. The quantitative estimate of drug-likeness (QED) is 0.828. The summed E-state index contributed by atoms with van der Waals surface area (Å²) in [6.45, 7) is 4.47. The number of likely N-dealkylation sites (tertiary alicyclic amines) is 2. The van der Waals surface area contributed by atoms with Crippen molar-refractivity contribution in [3.8, 4) is 0 Å². The summed E-state index contributed by atoms with van der Waals surface area (Å²) in [5, 5.41) is 2.01. The SMILES string of the molecule is O=C(Cc1cccs1)N1CC(C(=O)N2CCCC2)C2(CCOCC2)C1. The van der Waals surface area contributed by atoms with Crippen molar-refractivity contribution >= 4 is 23.2 Å². The Hall–Kier alpha value is -1.40. The van der Waals surface area contributed by atoms with E-state index >= 15 is 0 Å². The fourth-order valence-corrected chi connectivity index (χ4v) is 5.31. The van der Waals surface area contributed by atoms with Crippen molar-refractivity contribution in [2.45, 2.75) is 32.1 Å². The second-order valence-electron chi connectivity index (χ2n) is 7.59. The van der Waals surface area contributed by atoms with Crippen molar-refractivity contribution in [2.75, 3.05) is 39.4 Å². The number of hydrogen-bond donors (Lipinski definition) is 0. The molecule has 4 rings (SSSR count). The van der Waals surface area contributed by atoms with Crippen LogP contribution in [0.3, 0.4) is 0 Å². The fraction of sp³-hybridized carbons (Fsp3) is 0.684. The summed E-state index contributed by atoms with van der Waals surface area (Å²) in [5.74, 6) is 0.373. The molecular weight excluding hydrogens is 336 g/mol. The second kappa shape index (κ2) is 7.08. The van der Waals surface area contributed by atoms with Crippen LogP contribution in [0, 0.1) is 11.3 Å². The minimum Gasteiger partial charge on any atom is -0.381 e. The highest BCUT2D eigenvalue weighted by molar-refractivity contribution is 7.10. The van der Waals surface area contributed by atoms with E-state index in [9.17, 15) is 9.59 Å². The minimum atomic E-state index is -0.0803. The van der Waals surface area contributed by atoms with Crippen LogP contribution >= 0.6 is 11.3 Å². The smallest absolute Gasteiger partial charge is 0.228 e. The van der Waals surface area contributed by atoms with E-state index in [1.54, 1.807) is 11.3 Å². The maximum absolute atomic E-state index is 13.2. The van der Waals surface area contributed by atoms with Crippen LogP contribution < -0.4 is 0 Å². The molecule has 6 heteroatoms. The zero-order valence-electron chi connectivity index (χ0n) is 14.6. The van der Waals surface area contributed by atoms with E-state index in [0.29, 0.717) is 32.7 Å². The lowest BCUT2D eigenvalue weighted by Gasteiger charge is -2.38. The number of hydrogen-bond acceptors (Lipinski definition) is 4. The standard InChI is InChI=1S/C19H26N2O3S/c22-17(12-15-4-3-11-25-15)21-13-16(18(23)20-7-1-2-8-20)19(14-21)5-9-24-10-6-19/h3-4,11,16H,1-2,5-10,12-14H2. The highest BCUT2D eigenvalue weighted by Gasteiger charge is 2.52. The average molecular weight is 362 g/mol. The molecule has 3 saturated heterocycles. The van der Waals surface area contributed by atoms with Crippen molar-refractivity contribution in [1.29, 1.82) is 0 Å². The van der Waals surface area contributed by atoms with Crippen molar-refractivity contribution < 1.29 is 14.3 Å². The van der Waals surface area contributed by atoms with Gasteiger partial charge in [0, 0.05) is 49.7 Å². The van der Waals surface area contributed by atoms with Crippen LogP contribution in [-0.4, -0.2) is 61.0 Å². The van der Waals surface area contributed by atoms with Crippen LogP contribution in [0.15, 0.2) is 17.5 Å². The summed E-state index contributed by atoms with van der Waals surface area (Å²) in [4.78, 5) is 31.0. The molecule has 1 aromatic heterocycles. The Morgan fingerprint density at radius 2 is 1.96 bits per heavy atom. The van der Waals surface area contributed by atoms with Gasteiger partial charge in [-0.2, -0.15) is 0 Å². The molecule has 25 heavy (non-hydrogen) atoms. The van der Waals surface area contributed by atoms with Gasteiger partial charge in [0.05, 0.1) is 12.3 Å². The summed E-state index contributed by atoms with van der Waals surface area (Å²) >= 11 is 1.62. The van der Waals surface area contributed by atoms with Crippen LogP contribution in [0.25, 0.3) is 0 Å². The van der Waals surface area contributed by atoms with E-state index in [0.717, 1.165) is 43.6 Å². The van der Waals surface area contributed by atoms with Crippen LogP contribution in [0.4, 0.5) is 0 Å². The first-order chi connectivity index (χ1) is 12.2. The largest absolute Gasteiger partial charge is 0.381 e. The molecule has 1 atom stereocenters. The van der Waals surface area contributed by atoms with Gasteiger partial charge in [0.25, 0.3) is 0 Å². The van der Waals surface area contributed by atoms with Crippen LogP contribution in [0.2, 0.25) is 0 Å². The lowest BCUT2D eigenvalue weighted by atomic mass is 9.71. The maximum Gasteiger partial charge on any atom is 0.228 e. The lowest BCUT2D eigenvalue weighted by Crippen LogP contribution is -2.45. The van der Waals surface area contributed by atoms with Gasteiger partial charge < -0.3 is 14.5 Å². The third kappa shape index (κ3) is 3.34. The van der Waals surface area contributed by atoms with Crippen LogP contribution in [-0.2, 0) is 20.7 Å². The summed E-state index contributed by atoms with van der Waals surface area (Å²) in [6.07, 6.45) is 4.44. The third-order valence-electron chi connectivity index (χ3n) is 6.11. The molecular formula is C19H26N2O3S. The first-order valence-electron chi connectivity index (χ1n) is 9.35. The molecule has 0 bridgehead atoms. The van der Waals surface area contributed by atoms with Gasteiger partial charge in [0.2, 0.25) is 11.8 Å². The van der Waals surface area contributed by atoms with Gasteiger partial charge in [0.1, 0.15) is 0 Å². The first-order valence-corrected chi connectivity index (χ1v) is 10.2. The molecule has 0 aliphatic carbocycles. The number of nitrogens with zero attached hydrogens (tertiary/aromatic N) is 2. The molecule has 4 heterocycles. The van der Waals surface area contributed by atoms with E-state index in [-0.39, 0.29) is 23.1 Å². The fourth-order valence-electron chi connectivity index (χ4n) is 4.62. The predicted octanol–water partition coefficient (Wildman–Crippen LogP) is 2.17. The third-order valence-corrected chi connectivity index (χ3v) is 6.99. The molecule has 3 aliphatic heterocycles. The molecule has 0 aromatic carbocycles. The average Bonchev–Trinajstić information content (AvgIpc) is 3.36. The summed E-state index contributed by atoms with van der Waals surface area (Å²) in [7, 11) is 0. The van der Waals surface area contributed by atoms with Gasteiger partial charge in [-0.1, -0.05) is 6.07 Å². The molecule has 3 aliphatic rings. The normalized spacial score (nSPS) is 25.7. The van der Waals surface area contributed by atoms with Crippen molar-refractivity contribution in [3.63, 3.8) is 0 Å². The Morgan fingerprint density at radius 1 is 1.20 bits per heavy atom. The summed E-state index contributed by atoms with van der Waals surface area (Å²) in [5.41, 5.74) is -0.0803. The topological polar surface area (TPSA) is 49.9 Å². The van der Waals surface area contributed by atoms with Crippen molar-refractivity contribution in [2.24, 2.45) is 11.3 Å². The Morgan fingerprint density at radius 3 is 2.64 bits per heavy atom. The Kier molecular flexibility index (Phi) is 4.82. The number of amides is 2. The molecule has 3 fully saturated rings. The van der Waals surface area contributed by atoms with Gasteiger partial charge >= 0.3 is 0 Å². The van der Waals surface area contributed by atoms with E-state index in [4.69, 9.17) is 4.74 Å². The van der Waals surface area contributed by atoms with Gasteiger partial charge in [-0.3, -0.25) is 9.59 Å². The second-order valence-corrected chi connectivity index (χ2v) is 8.62. The van der Waals surface area contributed by atoms with Gasteiger partial charge in [0.15, 0.2) is 0 Å². The molecule has 1 spiro atoms. The van der Waals surface area contributed by atoms with Crippen molar-refractivity contribution in [1.82, 2.24) is 9.80 Å². The molecule has 136 valence electrons. The zero-order chi connectivity index (χ0) is 17.3. The van der Waals surface area contributed by atoms with Gasteiger partial charge in [-0.15, -0.1) is 11.3 Å². The predicted molar refractivity (Wildman–Crippen MR) is 96.4 cm³/mol. The Labute approximate surface area is 152 Å². The first kappa shape index (κ1) is 17.0. The Balaban J connectivity index is 1.51. The zero-order valence-corrected chi connectivity index (χ0v) is 15.4. The number of rotatable bonds is 3. The maximum atomic E-state index is 13.2. The molecule has 1 aromatic rings. The number of carbonyl (C=O) groups is 2. The number of carbonyl (C=O) groups excluding carboxylic acids is 2. The van der Waals surface area contributed by atoms with E-state index in [2.05, 4.69) is 0 Å². The van der Waals surface area contributed by atoms with Gasteiger partial charge in [-0.25, -0.2) is 0 Å². The number of ether oxygens (including phenoxy) is 1. The molecule has 0 saturated carbocycles. The number of thiophene rings is 1. The van der Waals surface area contributed by atoms with Crippen LogP contribution in [0.5, 0.6) is 0 Å². The molecule has 2 amide bonds. The van der Waals surface area contributed by atoms with Crippen LogP contribution in [0.1, 0.15) is 30.6 Å². The summed E-state index contributed by atoms with van der Waals surface area (Å²) in [6, 6.07) is 3.99. The van der Waals surface area contributed by atoms with Gasteiger partial charge in [-0.05, 0) is 37.1 Å². The highest BCUT2D eigenvalue weighted by Crippen LogP contribution is 2.45. The molecule has 1 unspecified atom stereocenters. The summed E-state index contributed by atoms with van der Waals surface area (Å²) < 4.78 is 5.56. The van der Waals surface area contributed by atoms with E-state index in [1.807, 2.05) is 27.3 Å². The molecule has 0 N–H and O–H groups in total. The lowest BCUT2D eigenvalue weighted by molar-refractivity contribution is -0.139. The Bertz CT molecular complexity index is 619. The highest BCUT2D eigenvalue weighted by atomic mass is 32.1. The minimum absolute atomic E-state index is 0.0539. The monoisotopic (exact) mass is 362 g/mol. The molecule has 0 radical (unpaired) electrons. The van der Waals surface area contributed by atoms with Crippen molar-refractivity contribution in [3.05, 3.63) is 22.4 Å². The van der Waals surface area contributed by atoms with E-state index < -0.39 is 0 Å².